The molecule has 0 fully saturated rings. The molecule has 0 aliphatic rings. The molecule has 2 amide bonds. The van der Waals surface area contributed by atoms with Crippen LogP contribution in [0.25, 0.3) is 0 Å². The summed E-state index contributed by atoms with van der Waals surface area (Å²) in [4.78, 5) is 24.6. The van der Waals surface area contributed by atoms with Gasteiger partial charge in [-0.05, 0) is 30.2 Å². The van der Waals surface area contributed by atoms with Crippen LogP contribution in [0, 0.1) is 17.6 Å². The maximum Gasteiger partial charge on any atom is 0.257 e. The van der Waals surface area contributed by atoms with Crippen molar-refractivity contribution in [1.29, 1.82) is 0 Å². The molecule has 144 valence electrons. The summed E-state index contributed by atoms with van der Waals surface area (Å²) in [7, 11) is 0. The lowest BCUT2D eigenvalue weighted by molar-refractivity contribution is -0.124. The van der Waals surface area contributed by atoms with Gasteiger partial charge in [0.25, 0.3) is 5.91 Å². The lowest BCUT2D eigenvalue weighted by atomic mass is 10.0. The van der Waals surface area contributed by atoms with Crippen molar-refractivity contribution in [2.75, 3.05) is 13.2 Å². The Kier molecular flexibility index (Phi) is 7.28. The SMILES string of the molecule is CC(C)C(NC(=O)c1c(F)cccc1F)C(=O)NCCOc1ccccc1. The number of carbonyl (C=O) groups is 2. The molecule has 0 saturated heterocycles. The van der Waals surface area contributed by atoms with Gasteiger partial charge in [-0.2, -0.15) is 0 Å². The van der Waals surface area contributed by atoms with Crippen molar-refractivity contribution in [3.63, 3.8) is 0 Å². The number of carbonyl (C=O) groups excluding carboxylic acids is 2. The van der Waals surface area contributed by atoms with E-state index in [1.807, 2.05) is 18.2 Å². The van der Waals surface area contributed by atoms with Gasteiger partial charge in [0, 0.05) is 0 Å². The van der Waals surface area contributed by atoms with Gasteiger partial charge in [-0.25, -0.2) is 8.78 Å². The molecule has 2 rings (SSSR count). The third-order valence-electron chi connectivity index (χ3n) is 3.84. The molecule has 0 bridgehead atoms. The fourth-order valence-electron chi connectivity index (χ4n) is 2.43. The molecule has 5 nitrogen and oxygen atoms in total. The Hall–Kier alpha value is -2.96. The van der Waals surface area contributed by atoms with Gasteiger partial charge < -0.3 is 15.4 Å². The highest BCUT2D eigenvalue weighted by molar-refractivity contribution is 5.98. The maximum atomic E-state index is 13.7. The van der Waals surface area contributed by atoms with E-state index in [-0.39, 0.29) is 19.1 Å². The van der Waals surface area contributed by atoms with E-state index in [0.717, 1.165) is 12.1 Å². The van der Waals surface area contributed by atoms with Crippen LogP contribution in [0.1, 0.15) is 24.2 Å². The first-order valence-electron chi connectivity index (χ1n) is 8.60. The van der Waals surface area contributed by atoms with Crippen LogP contribution in [-0.2, 0) is 4.79 Å². The zero-order valence-electron chi connectivity index (χ0n) is 15.2. The number of hydrogen-bond donors (Lipinski definition) is 2. The molecule has 0 aliphatic carbocycles. The van der Waals surface area contributed by atoms with Gasteiger partial charge >= 0.3 is 0 Å². The predicted octanol–water partition coefficient (Wildman–Crippen LogP) is 2.91. The second-order valence-electron chi connectivity index (χ2n) is 6.24. The van der Waals surface area contributed by atoms with E-state index in [1.165, 1.54) is 6.07 Å². The van der Waals surface area contributed by atoms with E-state index in [1.54, 1.807) is 26.0 Å². The predicted molar refractivity (Wildman–Crippen MR) is 97.4 cm³/mol. The van der Waals surface area contributed by atoms with E-state index >= 15 is 0 Å². The normalized spacial score (nSPS) is 11.7. The van der Waals surface area contributed by atoms with Gasteiger partial charge in [-0.1, -0.05) is 38.1 Å². The highest BCUT2D eigenvalue weighted by Gasteiger charge is 2.27. The van der Waals surface area contributed by atoms with Crippen molar-refractivity contribution in [3.8, 4) is 5.75 Å². The first-order valence-corrected chi connectivity index (χ1v) is 8.60. The van der Waals surface area contributed by atoms with Crippen LogP contribution in [0.3, 0.4) is 0 Å². The van der Waals surface area contributed by atoms with Gasteiger partial charge in [0.2, 0.25) is 5.91 Å². The van der Waals surface area contributed by atoms with Gasteiger partial charge in [0.1, 0.15) is 35.6 Å². The zero-order chi connectivity index (χ0) is 19.8. The maximum absolute atomic E-state index is 13.7. The molecule has 1 atom stereocenters. The van der Waals surface area contributed by atoms with Crippen LogP contribution in [0.2, 0.25) is 0 Å². The number of rotatable bonds is 8. The number of hydrogen-bond acceptors (Lipinski definition) is 3. The van der Waals surface area contributed by atoms with Gasteiger partial charge in [-0.15, -0.1) is 0 Å². The van der Waals surface area contributed by atoms with Crippen molar-refractivity contribution in [1.82, 2.24) is 10.6 Å². The molecule has 0 saturated carbocycles. The van der Waals surface area contributed by atoms with Crippen molar-refractivity contribution >= 4 is 11.8 Å². The van der Waals surface area contributed by atoms with E-state index in [4.69, 9.17) is 4.74 Å². The number of ether oxygens (including phenoxy) is 1. The Morgan fingerprint density at radius 2 is 1.63 bits per heavy atom. The van der Waals surface area contributed by atoms with Crippen molar-refractivity contribution in [3.05, 3.63) is 65.7 Å². The number of para-hydroxylation sites is 1. The summed E-state index contributed by atoms with van der Waals surface area (Å²) in [6, 6.07) is 11.3. The van der Waals surface area contributed by atoms with Crippen molar-refractivity contribution in [2.24, 2.45) is 5.92 Å². The Bertz CT molecular complexity index is 762. The molecule has 7 heteroatoms. The van der Waals surface area contributed by atoms with Gasteiger partial charge in [0.15, 0.2) is 0 Å². The summed E-state index contributed by atoms with van der Waals surface area (Å²) < 4.78 is 33.0. The minimum Gasteiger partial charge on any atom is -0.492 e. The summed E-state index contributed by atoms with van der Waals surface area (Å²) in [5, 5.41) is 5.06. The first kappa shape index (κ1) is 20.4. The van der Waals surface area contributed by atoms with Crippen LogP contribution < -0.4 is 15.4 Å². The molecule has 2 aromatic rings. The second kappa shape index (κ2) is 9.66. The van der Waals surface area contributed by atoms with E-state index < -0.39 is 35.1 Å². The Labute approximate surface area is 156 Å². The smallest absolute Gasteiger partial charge is 0.257 e. The van der Waals surface area contributed by atoms with Crippen molar-refractivity contribution in [2.45, 2.75) is 19.9 Å². The summed E-state index contributed by atoms with van der Waals surface area (Å²) in [5.74, 6) is -2.99. The average Bonchev–Trinajstić information content (AvgIpc) is 2.63. The summed E-state index contributed by atoms with van der Waals surface area (Å²) in [5.41, 5.74) is -0.705. The van der Waals surface area contributed by atoms with Gasteiger partial charge in [-0.3, -0.25) is 9.59 Å². The number of nitrogens with one attached hydrogen (secondary N) is 2. The molecular weight excluding hydrogens is 354 g/mol. The van der Waals surface area contributed by atoms with E-state index in [2.05, 4.69) is 10.6 Å². The molecule has 0 radical (unpaired) electrons. The molecule has 27 heavy (non-hydrogen) atoms. The van der Waals surface area contributed by atoms with Crippen LogP contribution >= 0.6 is 0 Å². The first-order chi connectivity index (χ1) is 12.9. The van der Waals surface area contributed by atoms with Crippen LogP contribution in [-0.4, -0.2) is 31.0 Å². The summed E-state index contributed by atoms with van der Waals surface area (Å²) >= 11 is 0. The van der Waals surface area contributed by atoms with E-state index in [0.29, 0.717) is 5.75 Å². The molecule has 2 N–H and O–H groups in total. The zero-order valence-corrected chi connectivity index (χ0v) is 15.2. The number of amides is 2. The Morgan fingerprint density at radius 1 is 1.00 bits per heavy atom. The standard InChI is InChI=1S/C20H22F2N2O3/c1-13(2)18(24-19(25)17-15(21)9-6-10-16(17)22)20(26)23-11-12-27-14-7-4-3-5-8-14/h3-10,13,18H,11-12H2,1-2H3,(H,23,26)(H,24,25). The molecule has 2 aromatic carbocycles. The fourth-order valence-corrected chi connectivity index (χ4v) is 2.43. The number of halogens is 2. The minimum absolute atomic E-state index is 0.223. The monoisotopic (exact) mass is 376 g/mol. The molecule has 0 aliphatic heterocycles. The third kappa shape index (κ3) is 5.77. The van der Waals surface area contributed by atoms with Crippen LogP contribution in [0.5, 0.6) is 5.75 Å². The fraction of sp³-hybridized carbons (Fsp3) is 0.300. The highest BCUT2D eigenvalue weighted by Crippen LogP contribution is 2.13. The lowest BCUT2D eigenvalue weighted by Crippen LogP contribution is -2.50. The molecule has 1 unspecified atom stereocenters. The lowest BCUT2D eigenvalue weighted by Gasteiger charge is -2.22. The van der Waals surface area contributed by atoms with Crippen LogP contribution in [0.4, 0.5) is 8.78 Å². The summed E-state index contributed by atoms with van der Waals surface area (Å²) in [6.45, 7) is 3.92. The van der Waals surface area contributed by atoms with Gasteiger partial charge in [0.05, 0.1) is 6.54 Å². The molecular formula is C20H22F2N2O3. The largest absolute Gasteiger partial charge is 0.492 e. The van der Waals surface area contributed by atoms with E-state index in [9.17, 15) is 18.4 Å². The second-order valence-corrected chi connectivity index (χ2v) is 6.24. The highest BCUT2D eigenvalue weighted by atomic mass is 19.1. The minimum atomic E-state index is -0.980. The topological polar surface area (TPSA) is 67.4 Å². The molecule has 0 aromatic heterocycles. The molecule has 0 spiro atoms. The van der Waals surface area contributed by atoms with Crippen molar-refractivity contribution < 1.29 is 23.1 Å². The summed E-state index contributed by atoms with van der Waals surface area (Å²) in [6.07, 6.45) is 0. The Balaban J connectivity index is 1.91. The number of benzene rings is 2. The third-order valence-corrected chi connectivity index (χ3v) is 3.84. The van der Waals surface area contributed by atoms with Crippen LogP contribution in [0.15, 0.2) is 48.5 Å². The molecule has 0 heterocycles. The quantitative estimate of drug-likeness (QED) is 0.696. The Morgan fingerprint density at radius 3 is 2.22 bits per heavy atom. The average molecular weight is 376 g/mol.